The highest BCUT2D eigenvalue weighted by atomic mass is 35.5. The summed E-state index contributed by atoms with van der Waals surface area (Å²) in [6, 6.07) is 0.718. The van der Waals surface area contributed by atoms with E-state index in [4.69, 9.17) is 0 Å². The molecule has 1 amide bonds. The first-order chi connectivity index (χ1) is 11.6. The fourth-order valence-corrected chi connectivity index (χ4v) is 3.56. The number of rotatable bonds is 5. The molecule has 2 aliphatic rings. The third-order valence-corrected chi connectivity index (χ3v) is 5.43. The van der Waals surface area contributed by atoms with E-state index in [1.165, 1.54) is 12.8 Å². The molecule has 3 heterocycles. The molecule has 0 bridgehead atoms. The van der Waals surface area contributed by atoms with Crippen LogP contribution in [0.5, 0.6) is 0 Å². The number of nitrogens with one attached hydrogen (secondary N) is 2. The molecular formula is C17H32Cl2N6O. The van der Waals surface area contributed by atoms with Gasteiger partial charge in [0.15, 0.2) is 5.69 Å². The fraction of sp³-hybridized carbons (Fsp3) is 0.824. The second-order valence-corrected chi connectivity index (χ2v) is 7.34. The van der Waals surface area contributed by atoms with Crippen LogP contribution >= 0.6 is 24.8 Å². The van der Waals surface area contributed by atoms with Crippen molar-refractivity contribution >= 4 is 30.7 Å². The van der Waals surface area contributed by atoms with Crippen LogP contribution in [0.3, 0.4) is 0 Å². The Hall–Kier alpha value is -0.890. The van der Waals surface area contributed by atoms with Crippen molar-refractivity contribution in [2.75, 3.05) is 32.7 Å². The summed E-state index contributed by atoms with van der Waals surface area (Å²) in [5, 5.41) is 14.6. The first-order valence-electron chi connectivity index (χ1n) is 9.28. The molecule has 1 unspecified atom stereocenters. The molecule has 7 nitrogen and oxygen atoms in total. The van der Waals surface area contributed by atoms with Crippen LogP contribution in [0.15, 0.2) is 6.20 Å². The monoisotopic (exact) mass is 406 g/mol. The predicted molar refractivity (Wildman–Crippen MR) is 107 cm³/mol. The SMILES string of the molecule is CC1CCN(C(C)CNC(=O)c2cn(C3CCNCC3)nn2)CC1.Cl.Cl. The molecule has 2 aliphatic heterocycles. The second-order valence-electron chi connectivity index (χ2n) is 7.34. The van der Waals surface area contributed by atoms with E-state index in [9.17, 15) is 4.79 Å². The highest BCUT2D eigenvalue weighted by Gasteiger charge is 2.22. The number of likely N-dealkylation sites (tertiary alicyclic amines) is 1. The fourth-order valence-electron chi connectivity index (χ4n) is 3.56. The quantitative estimate of drug-likeness (QED) is 0.780. The molecule has 1 aromatic heterocycles. The molecule has 2 saturated heterocycles. The van der Waals surface area contributed by atoms with Crippen LogP contribution in [0.25, 0.3) is 0 Å². The van der Waals surface area contributed by atoms with Crippen molar-refractivity contribution in [3.8, 4) is 0 Å². The lowest BCUT2D eigenvalue weighted by atomic mass is 9.98. The molecule has 3 rings (SSSR count). The second kappa shape index (κ2) is 11.1. The number of hydrogen-bond donors (Lipinski definition) is 2. The lowest BCUT2D eigenvalue weighted by Crippen LogP contribution is -2.45. The van der Waals surface area contributed by atoms with Gasteiger partial charge < -0.3 is 10.6 Å². The Labute approximate surface area is 168 Å². The number of carbonyl (C=O) groups excluding carboxylic acids is 1. The summed E-state index contributed by atoms with van der Waals surface area (Å²) in [4.78, 5) is 14.8. The Balaban J connectivity index is 0.00000169. The highest BCUT2D eigenvalue weighted by molar-refractivity contribution is 5.91. The van der Waals surface area contributed by atoms with Gasteiger partial charge in [-0.3, -0.25) is 9.69 Å². The normalized spacial score (nSPS) is 20.7. The van der Waals surface area contributed by atoms with Crippen molar-refractivity contribution in [1.82, 2.24) is 30.5 Å². The van der Waals surface area contributed by atoms with Crippen LogP contribution in [0, 0.1) is 5.92 Å². The lowest BCUT2D eigenvalue weighted by molar-refractivity contribution is 0.0916. The summed E-state index contributed by atoms with van der Waals surface area (Å²) in [5.41, 5.74) is 0.424. The molecule has 0 aromatic carbocycles. The van der Waals surface area contributed by atoms with Gasteiger partial charge in [0.05, 0.1) is 12.2 Å². The van der Waals surface area contributed by atoms with Gasteiger partial charge in [0.1, 0.15) is 0 Å². The van der Waals surface area contributed by atoms with Gasteiger partial charge in [-0.2, -0.15) is 0 Å². The highest BCUT2D eigenvalue weighted by Crippen LogP contribution is 2.18. The summed E-state index contributed by atoms with van der Waals surface area (Å²) in [6.45, 7) is 9.41. The zero-order valence-electron chi connectivity index (χ0n) is 15.7. The van der Waals surface area contributed by atoms with Gasteiger partial charge in [-0.05, 0) is 64.7 Å². The van der Waals surface area contributed by atoms with Crippen LogP contribution in [-0.2, 0) is 0 Å². The molecule has 0 radical (unpaired) electrons. The third kappa shape index (κ3) is 6.08. The number of aromatic nitrogens is 3. The van der Waals surface area contributed by atoms with E-state index < -0.39 is 0 Å². The van der Waals surface area contributed by atoms with Crippen LogP contribution in [0.1, 0.15) is 56.1 Å². The zero-order chi connectivity index (χ0) is 16.9. The zero-order valence-corrected chi connectivity index (χ0v) is 17.3. The smallest absolute Gasteiger partial charge is 0.273 e. The summed E-state index contributed by atoms with van der Waals surface area (Å²) in [5.74, 6) is 0.709. The molecular weight excluding hydrogens is 375 g/mol. The lowest BCUT2D eigenvalue weighted by Gasteiger charge is -2.34. The number of piperidine rings is 2. The van der Waals surface area contributed by atoms with Crippen LogP contribution in [-0.4, -0.2) is 64.6 Å². The van der Waals surface area contributed by atoms with E-state index in [2.05, 4.69) is 39.7 Å². The van der Waals surface area contributed by atoms with Gasteiger partial charge in [0.2, 0.25) is 0 Å². The van der Waals surface area contributed by atoms with Crippen molar-refractivity contribution in [2.24, 2.45) is 5.92 Å². The molecule has 2 fully saturated rings. The third-order valence-electron chi connectivity index (χ3n) is 5.43. The minimum absolute atomic E-state index is 0. The number of halogens is 2. The number of amides is 1. The van der Waals surface area contributed by atoms with Crippen LogP contribution in [0.2, 0.25) is 0 Å². The van der Waals surface area contributed by atoms with E-state index in [-0.39, 0.29) is 30.7 Å². The first kappa shape index (κ1) is 23.1. The molecule has 9 heteroatoms. The molecule has 0 aliphatic carbocycles. The number of carbonyl (C=O) groups is 1. The largest absolute Gasteiger partial charge is 0.349 e. The summed E-state index contributed by atoms with van der Waals surface area (Å²) in [6.07, 6.45) is 6.37. The van der Waals surface area contributed by atoms with Gasteiger partial charge in [0.25, 0.3) is 5.91 Å². The maximum Gasteiger partial charge on any atom is 0.273 e. The van der Waals surface area contributed by atoms with E-state index in [0.29, 0.717) is 24.3 Å². The summed E-state index contributed by atoms with van der Waals surface area (Å²) >= 11 is 0. The van der Waals surface area contributed by atoms with Crippen molar-refractivity contribution in [2.45, 2.75) is 51.6 Å². The Kier molecular flexibility index (Phi) is 9.85. The first-order valence-corrected chi connectivity index (χ1v) is 9.28. The summed E-state index contributed by atoms with van der Waals surface area (Å²) in [7, 11) is 0. The van der Waals surface area contributed by atoms with E-state index in [0.717, 1.165) is 44.9 Å². The van der Waals surface area contributed by atoms with Gasteiger partial charge in [-0.15, -0.1) is 29.9 Å². The maximum absolute atomic E-state index is 12.3. The topological polar surface area (TPSA) is 75.1 Å². The molecule has 2 N–H and O–H groups in total. The van der Waals surface area contributed by atoms with E-state index in [1.807, 2.05) is 4.68 Å². The van der Waals surface area contributed by atoms with Gasteiger partial charge in [-0.1, -0.05) is 12.1 Å². The Morgan fingerprint density at radius 1 is 1.27 bits per heavy atom. The standard InChI is InChI=1S/C17H30N6O.2ClH/c1-13-5-9-22(10-6-13)14(2)11-19-17(24)16-12-23(21-20-16)15-3-7-18-8-4-15;;/h12-15,18H,3-11H2,1-2H3,(H,19,24);2*1H. The van der Waals surface area contributed by atoms with Gasteiger partial charge in [-0.25, -0.2) is 4.68 Å². The maximum atomic E-state index is 12.3. The number of nitrogens with zero attached hydrogens (tertiary/aromatic N) is 4. The summed E-state index contributed by atoms with van der Waals surface area (Å²) < 4.78 is 1.85. The molecule has 26 heavy (non-hydrogen) atoms. The average Bonchev–Trinajstić information content (AvgIpc) is 3.11. The van der Waals surface area contributed by atoms with Crippen molar-refractivity contribution in [1.29, 1.82) is 0 Å². The predicted octanol–water partition coefficient (Wildman–Crippen LogP) is 1.90. The van der Waals surface area contributed by atoms with E-state index in [1.54, 1.807) is 6.20 Å². The van der Waals surface area contributed by atoms with E-state index >= 15 is 0 Å². The van der Waals surface area contributed by atoms with Crippen LogP contribution in [0.4, 0.5) is 0 Å². The Bertz CT molecular complexity index is 541. The minimum Gasteiger partial charge on any atom is -0.349 e. The average molecular weight is 407 g/mol. The Morgan fingerprint density at radius 2 is 1.92 bits per heavy atom. The molecule has 1 aromatic rings. The van der Waals surface area contributed by atoms with Gasteiger partial charge >= 0.3 is 0 Å². The molecule has 150 valence electrons. The number of hydrogen-bond acceptors (Lipinski definition) is 5. The van der Waals surface area contributed by atoms with Crippen molar-refractivity contribution < 1.29 is 4.79 Å². The van der Waals surface area contributed by atoms with Crippen molar-refractivity contribution in [3.63, 3.8) is 0 Å². The van der Waals surface area contributed by atoms with Gasteiger partial charge in [0, 0.05) is 12.6 Å². The minimum atomic E-state index is -0.118. The molecule has 1 atom stereocenters. The molecule has 0 spiro atoms. The van der Waals surface area contributed by atoms with Crippen molar-refractivity contribution in [3.05, 3.63) is 11.9 Å². The Morgan fingerprint density at radius 3 is 2.58 bits per heavy atom. The molecule has 0 saturated carbocycles. The van der Waals surface area contributed by atoms with Crippen LogP contribution < -0.4 is 10.6 Å².